The highest BCUT2D eigenvalue weighted by Gasteiger charge is 2.03. The van der Waals surface area contributed by atoms with Crippen LogP contribution in [-0.2, 0) is 6.61 Å². The molecule has 0 radical (unpaired) electrons. The number of fused-ring (bicyclic) bond motifs is 1. The monoisotopic (exact) mass is 343 g/mol. The van der Waals surface area contributed by atoms with Gasteiger partial charge in [-0.1, -0.05) is 12.1 Å². The molecule has 21 heavy (non-hydrogen) atoms. The predicted octanol–water partition coefficient (Wildman–Crippen LogP) is 4.58. The lowest BCUT2D eigenvalue weighted by Crippen LogP contribution is -1.96. The van der Waals surface area contributed by atoms with Crippen LogP contribution in [0.15, 0.2) is 59.2 Å². The first-order chi connectivity index (χ1) is 10.3. The fourth-order valence-corrected chi connectivity index (χ4v) is 2.69. The zero-order valence-electron chi connectivity index (χ0n) is 11.5. The fourth-order valence-electron chi connectivity index (χ4n) is 2.10. The molecule has 106 valence electrons. The Bertz CT molecular complexity index is 774. The summed E-state index contributed by atoms with van der Waals surface area (Å²) in [6.45, 7) is 0.501. The van der Waals surface area contributed by atoms with Crippen LogP contribution in [0.25, 0.3) is 10.9 Å². The Hall–Kier alpha value is -2.07. The van der Waals surface area contributed by atoms with Crippen LogP contribution in [-0.4, -0.2) is 12.1 Å². The molecule has 2 aromatic carbocycles. The molecule has 0 bridgehead atoms. The Kier molecular flexibility index (Phi) is 4.06. The van der Waals surface area contributed by atoms with E-state index in [0.29, 0.717) is 6.61 Å². The van der Waals surface area contributed by atoms with Crippen LogP contribution in [0.5, 0.6) is 11.5 Å². The standard InChI is InChI=1S/C17H14BrNO2/c1-20-17-7-4-12(9-15(17)18)11-21-14-6-5-13-3-2-8-19-16(13)10-14/h2-10H,11H2,1H3. The second-order valence-corrected chi connectivity index (χ2v) is 5.47. The summed E-state index contributed by atoms with van der Waals surface area (Å²) >= 11 is 3.48. The maximum absolute atomic E-state index is 5.83. The number of nitrogens with zero attached hydrogens (tertiary/aromatic N) is 1. The summed E-state index contributed by atoms with van der Waals surface area (Å²) in [5.41, 5.74) is 2.01. The van der Waals surface area contributed by atoms with Gasteiger partial charge < -0.3 is 9.47 Å². The van der Waals surface area contributed by atoms with Crippen molar-refractivity contribution in [1.82, 2.24) is 4.98 Å². The van der Waals surface area contributed by atoms with E-state index in [0.717, 1.165) is 32.4 Å². The number of pyridine rings is 1. The molecule has 0 amide bonds. The van der Waals surface area contributed by atoms with Gasteiger partial charge in [0, 0.05) is 17.6 Å². The average Bonchev–Trinajstić information content (AvgIpc) is 2.53. The minimum atomic E-state index is 0.501. The van der Waals surface area contributed by atoms with Gasteiger partial charge >= 0.3 is 0 Å². The van der Waals surface area contributed by atoms with Crippen LogP contribution in [0, 0.1) is 0 Å². The molecule has 0 saturated carbocycles. The van der Waals surface area contributed by atoms with Crippen molar-refractivity contribution in [3.8, 4) is 11.5 Å². The van der Waals surface area contributed by atoms with Crippen LogP contribution in [0.1, 0.15) is 5.56 Å². The summed E-state index contributed by atoms with van der Waals surface area (Å²) in [7, 11) is 1.65. The number of benzene rings is 2. The first-order valence-electron chi connectivity index (χ1n) is 6.56. The first kappa shape index (κ1) is 13.9. The Morgan fingerprint density at radius 3 is 2.81 bits per heavy atom. The number of hydrogen-bond acceptors (Lipinski definition) is 3. The molecule has 3 nitrogen and oxygen atoms in total. The number of halogens is 1. The topological polar surface area (TPSA) is 31.4 Å². The van der Waals surface area contributed by atoms with Crippen LogP contribution in [0.2, 0.25) is 0 Å². The summed E-state index contributed by atoms with van der Waals surface area (Å²) in [5, 5.41) is 1.11. The van der Waals surface area contributed by atoms with Gasteiger partial charge in [-0.15, -0.1) is 0 Å². The summed E-state index contributed by atoms with van der Waals surface area (Å²) < 4.78 is 12.0. The van der Waals surface area contributed by atoms with Gasteiger partial charge in [0.1, 0.15) is 18.1 Å². The highest BCUT2D eigenvalue weighted by atomic mass is 79.9. The normalized spacial score (nSPS) is 10.6. The van der Waals surface area contributed by atoms with Gasteiger partial charge in [-0.3, -0.25) is 4.98 Å². The van der Waals surface area contributed by atoms with E-state index in [4.69, 9.17) is 9.47 Å². The van der Waals surface area contributed by atoms with Crippen LogP contribution >= 0.6 is 15.9 Å². The number of rotatable bonds is 4. The lowest BCUT2D eigenvalue weighted by Gasteiger charge is -2.09. The van der Waals surface area contributed by atoms with E-state index in [1.165, 1.54) is 0 Å². The van der Waals surface area contributed by atoms with Gasteiger partial charge in [-0.25, -0.2) is 0 Å². The predicted molar refractivity (Wildman–Crippen MR) is 86.8 cm³/mol. The van der Waals surface area contributed by atoms with E-state index in [1.807, 2.05) is 48.5 Å². The van der Waals surface area contributed by atoms with Gasteiger partial charge in [0.25, 0.3) is 0 Å². The quantitative estimate of drug-likeness (QED) is 0.694. The molecule has 0 spiro atoms. The summed E-state index contributed by atoms with van der Waals surface area (Å²) in [4.78, 5) is 4.33. The SMILES string of the molecule is COc1ccc(COc2ccc3cccnc3c2)cc1Br. The minimum absolute atomic E-state index is 0.501. The largest absolute Gasteiger partial charge is 0.496 e. The van der Waals surface area contributed by atoms with Crippen molar-refractivity contribution in [1.29, 1.82) is 0 Å². The fraction of sp³-hybridized carbons (Fsp3) is 0.118. The highest BCUT2D eigenvalue weighted by molar-refractivity contribution is 9.10. The molecule has 0 atom stereocenters. The lowest BCUT2D eigenvalue weighted by atomic mass is 10.2. The van der Waals surface area contributed by atoms with Crippen LogP contribution < -0.4 is 9.47 Å². The van der Waals surface area contributed by atoms with Gasteiger partial charge in [0.2, 0.25) is 0 Å². The molecule has 1 heterocycles. The van der Waals surface area contributed by atoms with Gasteiger partial charge in [-0.2, -0.15) is 0 Å². The van der Waals surface area contributed by atoms with E-state index in [2.05, 4.69) is 20.9 Å². The molecule has 0 unspecified atom stereocenters. The van der Waals surface area contributed by atoms with E-state index in [1.54, 1.807) is 13.3 Å². The lowest BCUT2D eigenvalue weighted by molar-refractivity contribution is 0.306. The zero-order chi connectivity index (χ0) is 14.7. The van der Waals surface area contributed by atoms with Gasteiger partial charge in [-0.05, 0) is 51.8 Å². The smallest absolute Gasteiger partial charge is 0.133 e. The molecule has 0 aliphatic rings. The van der Waals surface area contributed by atoms with E-state index in [9.17, 15) is 0 Å². The van der Waals surface area contributed by atoms with Crippen molar-refractivity contribution in [2.24, 2.45) is 0 Å². The average molecular weight is 344 g/mol. The molecule has 3 rings (SSSR count). The summed E-state index contributed by atoms with van der Waals surface area (Å²) in [5.74, 6) is 1.63. The summed E-state index contributed by atoms with van der Waals surface area (Å²) in [6, 6.07) is 15.8. The molecule has 0 fully saturated rings. The van der Waals surface area contributed by atoms with E-state index < -0.39 is 0 Å². The van der Waals surface area contributed by atoms with Crippen molar-refractivity contribution in [3.63, 3.8) is 0 Å². The van der Waals surface area contributed by atoms with Crippen molar-refractivity contribution in [3.05, 3.63) is 64.8 Å². The molecule has 0 aliphatic heterocycles. The van der Waals surface area contributed by atoms with Crippen molar-refractivity contribution >= 4 is 26.8 Å². The zero-order valence-corrected chi connectivity index (χ0v) is 13.1. The van der Waals surface area contributed by atoms with Crippen LogP contribution in [0.4, 0.5) is 0 Å². The molecular weight excluding hydrogens is 330 g/mol. The molecule has 1 aromatic heterocycles. The Morgan fingerprint density at radius 2 is 2.00 bits per heavy atom. The maximum atomic E-state index is 5.83. The molecule has 0 aliphatic carbocycles. The third kappa shape index (κ3) is 3.16. The van der Waals surface area contributed by atoms with Gasteiger partial charge in [0.15, 0.2) is 0 Å². The molecule has 4 heteroatoms. The van der Waals surface area contributed by atoms with E-state index >= 15 is 0 Å². The first-order valence-corrected chi connectivity index (χ1v) is 7.35. The second-order valence-electron chi connectivity index (χ2n) is 4.62. The summed E-state index contributed by atoms with van der Waals surface area (Å²) in [6.07, 6.45) is 1.78. The highest BCUT2D eigenvalue weighted by Crippen LogP contribution is 2.26. The Morgan fingerprint density at radius 1 is 1.10 bits per heavy atom. The Labute approximate surface area is 131 Å². The van der Waals surface area contributed by atoms with Crippen molar-refractivity contribution < 1.29 is 9.47 Å². The molecular formula is C17H14BrNO2. The third-order valence-corrected chi connectivity index (χ3v) is 3.82. The van der Waals surface area contributed by atoms with E-state index in [-0.39, 0.29) is 0 Å². The van der Waals surface area contributed by atoms with Gasteiger partial charge in [0.05, 0.1) is 17.1 Å². The van der Waals surface area contributed by atoms with Crippen molar-refractivity contribution in [2.45, 2.75) is 6.61 Å². The van der Waals surface area contributed by atoms with Crippen molar-refractivity contribution in [2.75, 3.05) is 7.11 Å². The minimum Gasteiger partial charge on any atom is -0.496 e. The molecule has 0 saturated heterocycles. The number of methoxy groups -OCH3 is 1. The second kappa shape index (κ2) is 6.14. The number of hydrogen-bond donors (Lipinski definition) is 0. The Balaban J connectivity index is 1.75. The number of aromatic nitrogens is 1. The molecule has 3 aromatic rings. The third-order valence-electron chi connectivity index (χ3n) is 3.20. The number of ether oxygens (including phenoxy) is 2. The van der Waals surface area contributed by atoms with Crippen LogP contribution in [0.3, 0.4) is 0 Å². The maximum Gasteiger partial charge on any atom is 0.133 e. The molecule has 0 N–H and O–H groups in total.